The van der Waals surface area contributed by atoms with Crippen molar-refractivity contribution in [3.05, 3.63) is 0 Å². The Morgan fingerprint density at radius 1 is 1.29 bits per heavy atom. The standard InChI is InChI=1S/C11H24N2O/c1-3-7-13(10-12)8-5-11(4-2)6-9-14/h10-12,14H,3-9H2,1-2H3/t11-/m0/s1. The zero-order valence-corrected chi connectivity index (χ0v) is 9.50. The summed E-state index contributed by atoms with van der Waals surface area (Å²) >= 11 is 0. The van der Waals surface area contributed by atoms with Gasteiger partial charge in [0.1, 0.15) is 0 Å². The quantitative estimate of drug-likeness (QED) is 0.442. The fourth-order valence-electron chi connectivity index (χ4n) is 1.61. The van der Waals surface area contributed by atoms with Crippen LogP contribution in [-0.2, 0) is 0 Å². The third-order valence-electron chi connectivity index (χ3n) is 2.63. The van der Waals surface area contributed by atoms with E-state index in [0.717, 1.165) is 38.8 Å². The molecule has 0 aliphatic carbocycles. The first-order valence-corrected chi connectivity index (χ1v) is 5.63. The van der Waals surface area contributed by atoms with Crippen molar-refractivity contribution in [2.24, 2.45) is 5.92 Å². The molecule has 0 amide bonds. The lowest BCUT2D eigenvalue weighted by atomic mass is 9.99. The molecule has 2 N–H and O–H groups in total. The van der Waals surface area contributed by atoms with Crippen LogP contribution in [0.4, 0.5) is 0 Å². The van der Waals surface area contributed by atoms with E-state index in [4.69, 9.17) is 10.5 Å². The summed E-state index contributed by atoms with van der Waals surface area (Å²) in [6.45, 7) is 6.50. The molecular weight excluding hydrogens is 176 g/mol. The fraction of sp³-hybridized carbons (Fsp3) is 0.909. The highest BCUT2D eigenvalue weighted by atomic mass is 16.3. The van der Waals surface area contributed by atoms with Crippen molar-refractivity contribution in [1.82, 2.24) is 4.90 Å². The van der Waals surface area contributed by atoms with Crippen molar-refractivity contribution in [2.45, 2.75) is 39.5 Å². The zero-order chi connectivity index (χ0) is 10.8. The van der Waals surface area contributed by atoms with E-state index >= 15 is 0 Å². The summed E-state index contributed by atoms with van der Waals surface area (Å²) in [5, 5.41) is 16.1. The third-order valence-corrected chi connectivity index (χ3v) is 2.63. The molecule has 0 aliphatic heterocycles. The summed E-state index contributed by atoms with van der Waals surface area (Å²) in [5.74, 6) is 0.610. The topological polar surface area (TPSA) is 47.3 Å². The minimum absolute atomic E-state index is 0.289. The number of rotatable bonds is 9. The zero-order valence-electron chi connectivity index (χ0n) is 9.50. The first kappa shape index (κ1) is 13.4. The number of hydrogen-bond acceptors (Lipinski definition) is 2. The van der Waals surface area contributed by atoms with Gasteiger partial charge in [0.05, 0.1) is 6.34 Å². The van der Waals surface area contributed by atoms with Crippen molar-refractivity contribution in [3.8, 4) is 0 Å². The van der Waals surface area contributed by atoms with Crippen LogP contribution in [0.3, 0.4) is 0 Å². The first-order chi connectivity index (χ1) is 6.78. The van der Waals surface area contributed by atoms with Crippen LogP contribution in [0.25, 0.3) is 0 Å². The van der Waals surface area contributed by atoms with Gasteiger partial charge in [-0.25, -0.2) is 0 Å². The van der Waals surface area contributed by atoms with Crippen molar-refractivity contribution < 1.29 is 5.11 Å². The average molecular weight is 200 g/mol. The Balaban J connectivity index is 3.68. The van der Waals surface area contributed by atoms with Crippen LogP contribution in [-0.4, -0.2) is 36.0 Å². The lowest BCUT2D eigenvalue weighted by Gasteiger charge is -2.21. The monoisotopic (exact) mass is 200 g/mol. The molecule has 0 rings (SSSR count). The molecule has 3 nitrogen and oxygen atoms in total. The highest BCUT2D eigenvalue weighted by Gasteiger charge is 2.07. The molecule has 84 valence electrons. The maximum Gasteiger partial charge on any atom is 0.0817 e. The Bertz CT molecular complexity index is 139. The number of aliphatic hydroxyl groups is 1. The summed E-state index contributed by atoms with van der Waals surface area (Å²) in [4.78, 5) is 2.04. The lowest BCUT2D eigenvalue weighted by Crippen LogP contribution is -2.25. The molecule has 0 radical (unpaired) electrons. The molecule has 0 unspecified atom stereocenters. The molecule has 0 heterocycles. The summed E-state index contributed by atoms with van der Waals surface area (Å²) in [5.41, 5.74) is 0. The molecule has 0 aromatic carbocycles. The Hall–Kier alpha value is -0.570. The van der Waals surface area contributed by atoms with Gasteiger partial charge in [-0.15, -0.1) is 0 Å². The van der Waals surface area contributed by atoms with Crippen molar-refractivity contribution in [3.63, 3.8) is 0 Å². The third kappa shape index (κ3) is 5.97. The van der Waals surface area contributed by atoms with E-state index in [1.54, 1.807) is 0 Å². The summed E-state index contributed by atoms with van der Waals surface area (Å²) in [7, 11) is 0. The van der Waals surface area contributed by atoms with Gasteiger partial charge in [-0.05, 0) is 25.2 Å². The minimum atomic E-state index is 0.289. The van der Waals surface area contributed by atoms with Crippen LogP contribution < -0.4 is 0 Å². The van der Waals surface area contributed by atoms with Gasteiger partial charge in [0.25, 0.3) is 0 Å². The SMILES string of the molecule is CCCN(C=N)CC[C@H](CC)CCO. The molecule has 1 atom stereocenters. The summed E-state index contributed by atoms with van der Waals surface area (Å²) in [6.07, 6.45) is 5.63. The van der Waals surface area contributed by atoms with Crippen LogP contribution in [0.2, 0.25) is 0 Å². The number of nitrogens with one attached hydrogen (secondary N) is 1. The number of aliphatic hydroxyl groups excluding tert-OH is 1. The van der Waals surface area contributed by atoms with Gasteiger partial charge >= 0.3 is 0 Å². The van der Waals surface area contributed by atoms with E-state index in [1.165, 1.54) is 6.34 Å². The van der Waals surface area contributed by atoms with E-state index in [1.807, 2.05) is 4.90 Å². The highest BCUT2D eigenvalue weighted by Crippen LogP contribution is 2.12. The summed E-state index contributed by atoms with van der Waals surface area (Å²) < 4.78 is 0. The molecule has 0 aromatic rings. The van der Waals surface area contributed by atoms with Crippen LogP contribution >= 0.6 is 0 Å². The van der Waals surface area contributed by atoms with Gasteiger partial charge in [0.15, 0.2) is 0 Å². The van der Waals surface area contributed by atoms with E-state index in [-0.39, 0.29) is 6.61 Å². The van der Waals surface area contributed by atoms with Gasteiger partial charge in [0, 0.05) is 19.7 Å². The largest absolute Gasteiger partial charge is 0.396 e. The van der Waals surface area contributed by atoms with Crippen molar-refractivity contribution in [2.75, 3.05) is 19.7 Å². The predicted octanol–water partition coefficient (Wildman–Crippen LogP) is 2.10. The van der Waals surface area contributed by atoms with Gasteiger partial charge in [-0.2, -0.15) is 0 Å². The molecule has 14 heavy (non-hydrogen) atoms. The molecule has 0 spiro atoms. The van der Waals surface area contributed by atoms with Crippen molar-refractivity contribution >= 4 is 6.34 Å². The van der Waals surface area contributed by atoms with Gasteiger partial charge < -0.3 is 10.0 Å². The Labute approximate surface area is 87.6 Å². The molecule has 0 aromatic heterocycles. The molecular formula is C11H24N2O. The molecule has 0 saturated heterocycles. The molecule has 0 aliphatic rings. The maximum absolute atomic E-state index is 8.84. The van der Waals surface area contributed by atoms with E-state index < -0.39 is 0 Å². The predicted molar refractivity (Wildman–Crippen MR) is 60.7 cm³/mol. The summed E-state index contributed by atoms with van der Waals surface area (Å²) in [6, 6.07) is 0. The lowest BCUT2D eigenvalue weighted by molar-refractivity contribution is 0.241. The van der Waals surface area contributed by atoms with Gasteiger partial charge in [-0.3, -0.25) is 5.41 Å². The van der Waals surface area contributed by atoms with Crippen molar-refractivity contribution in [1.29, 1.82) is 5.41 Å². The minimum Gasteiger partial charge on any atom is -0.396 e. The smallest absolute Gasteiger partial charge is 0.0817 e. The Morgan fingerprint density at radius 2 is 2.00 bits per heavy atom. The number of hydrogen-bond donors (Lipinski definition) is 2. The first-order valence-electron chi connectivity index (χ1n) is 5.63. The molecule has 0 bridgehead atoms. The van der Waals surface area contributed by atoms with Crippen LogP contribution in [0.15, 0.2) is 0 Å². The Kier molecular flexibility index (Phi) is 8.64. The number of nitrogens with zero attached hydrogens (tertiary/aromatic N) is 1. The van der Waals surface area contributed by atoms with E-state index in [0.29, 0.717) is 5.92 Å². The van der Waals surface area contributed by atoms with Crippen LogP contribution in [0, 0.1) is 11.3 Å². The van der Waals surface area contributed by atoms with Crippen LogP contribution in [0.5, 0.6) is 0 Å². The second-order valence-corrected chi connectivity index (χ2v) is 3.74. The molecule has 3 heteroatoms. The molecule has 0 fully saturated rings. The fourth-order valence-corrected chi connectivity index (χ4v) is 1.61. The average Bonchev–Trinajstić information content (AvgIpc) is 2.22. The second kappa shape index (κ2) is 9.00. The Morgan fingerprint density at radius 3 is 2.43 bits per heavy atom. The van der Waals surface area contributed by atoms with Gasteiger partial charge in [0.2, 0.25) is 0 Å². The van der Waals surface area contributed by atoms with Gasteiger partial charge in [-0.1, -0.05) is 20.3 Å². The van der Waals surface area contributed by atoms with Crippen LogP contribution in [0.1, 0.15) is 39.5 Å². The highest BCUT2D eigenvalue weighted by molar-refractivity contribution is 5.50. The maximum atomic E-state index is 8.84. The van der Waals surface area contributed by atoms with E-state index in [2.05, 4.69) is 13.8 Å². The molecule has 0 saturated carbocycles. The normalized spacial score (nSPS) is 12.5. The van der Waals surface area contributed by atoms with E-state index in [9.17, 15) is 0 Å². The second-order valence-electron chi connectivity index (χ2n) is 3.74.